The van der Waals surface area contributed by atoms with E-state index in [4.69, 9.17) is 63.5 Å². The smallest absolute Gasteiger partial charge is 0.313 e. The zero-order valence-corrected chi connectivity index (χ0v) is 43.8. The van der Waals surface area contributed by atoms with Gasteiger partial charge in [-0.1, -0.05) is 19.1 Å². The molecule has 0 aliphatic carbocycles. The van der Waals surface area contributed by atoms with E-state index in [0.717, 1.165) is 23.1 Å². The topological polar surface area (TPSA) is 274 Å². The van der Waals surface area contributed by atoms with E-state index in [-0.39, 0.29) is 45.3 Å². The monoisotopic (exact) mass is 1110 g/mol. The minimum Gasteiger partial charge on any atom is -0.420 e. The summed E-state index contributed by atoms with van der Waals surface area (Å²) < 4.78 is 123. The number of amidine groups is 1. The minimum atomic E-state index is -1.95. The van der Waals surface area contributed by atoms with Crippen molar-refractivity contribution in [1.29, 1.82) is 0 Å². The first-order valence-electron chi connectivity index (χ1n) is 24.7. The molecule has 0 bridgehead atoms. The Bertz CT molecular complexity index is 2320. The SMILES string of the molecule is CCCN(CC(C=NCCOCCOCCOCCOCCOCCOCCOCCOCCOCCOCCC(=O)Oc1c(F)c(F)c(SO)c(F)c1F)=NN)C(=O)C1=Cc2ccc(-c3cncnc3)cc2N=C(N)C1. The van der Waals surface area contributed by atoms with Crippen molar-refractivity contribution >= 4 is 53.4 Å². The average molecular weight is 1110 g/mol. The summed E-state index contributed by atoms with van der Waals surface area (Å²) in [4.78, 5) is 43.2. The molecule has 2 heterocycles. The van der Waals surface area contributed by atoms with Crippen LogP contribution in [0.1, 0.15) is 31.7 Å². The molecule has 1 amide bonds. The second-order valence-corrected chi connectivity index (χ2v) is 16.7. The lowest BCUT2D eigenvalue weighted by atomic mass is 10.0. The van der Waals surface area contributed by atoms with Crippen molar-refractivity contribution in [2.24, 2.45) is 26.7 Å². The van der Waals surface area contributed by atoms with Crippen LogP contribution in [0.3, 0.4) is 0 Å². The third kappa shape index (κ3) is 24.8. The Morgan fingerprint density at radius 2 is 1.18 bits per heavy atom. The van der Waals surface area contributed by atoms with Gasteiger partial charge >= 0.3 is 5.97 Å². The lowest BCUT2D eigenvalue weighted by Gasteiger charge is -2.23. The maximum atomic E-state index is 13.9. The summed E-state index contributed by atoms with van der Waals surface area (Å²) >= 11 is -0.521. The molecule has 5 N–H and O–H groups in total. The number of carbonyl (C=O) groups is 2. The summed E-state index contributed by atoms with van der Waals surface area (Å²) in [7, 11) is 0. The van der Waals surface area contributed by atoms with Crippen molar-refractivity contribution in [3.8, 4) is 16.9 Å². The molecular formula is C50H68F4N8O14S. The Kier molecular flexibility index (Phi) is 32.3. The number of aliphatic imine (C=N–C) groups is 2. The van der Waals surface area contributed by atoms with Gasteiger partial charge in [-0.15, -0.1) is 0 Å². The van der Waals surface area contributed by atoms with Crippen molar-refractivity contribution in [3.05, 3.63) is 71.3 Å². The van der Waals surface area contributed by atoms with E-state index in [0.29, 0.717) is 142 Å². The summed E-state index contributed by atoms with van der Waals surface area (Å²) in [5, 5.41) is 3.87. The number of hydrogen-bond donors (Lipinski definition) is 3. The van der Waals surface area contributed by atoms with Gasteiger partial charge in [0.1, 0.15) is 17.1 Å². The Balaban J connectivity index is 0.868. The molecule has 77 heavy (non-hydrogen) atoms. The van der Waals surface area contributed by atoms with Crippen LogP contribution in [0, 0.1) is 23.3 Å². The van der Waals surface area contributed by atoms with E-state index in [9.17, 15) is 27.2 Å². The third-order valence-corrected chi connectivity index (χ3v) is 10.9. The van der Waals surface area contributed by atoms with Crippen LogP contribution in [0.5, 0.6) is 5.75 Å². The maximum Gasteiger partial charge on any atom is 0.313 e. The lowest BCUT2D eigenvalue weighted by molar-refractivity contribution is -0.136. The van der Waals surface area contributed by atoms with Gasteiger partial charge in [0.2, 0.25) is 17.4 Å². The van der Waals surface area contributed by atoms with Gasteiger partial charge in [-0.3, -0.25) is 14.6 Å². The van der Waals surface area contributed by atoms with Crippen molar-refractivity contribution < 1.29 is 83.8 Å². The second kappa shape index (κ2) is 38.9. The van der Waals surface area contributed by atoms with Crippen molar-refractivity contribution in [2.45, 2.75) is 31.1 Å². The van der Waals surface area contributed by atoms with E-state index >= 15 is 0 Å². The summed E-state index contributed by atoms with van der Waals surface area (Å²) in [6.45, 7) is 9.55. The molecule has 426 valence electrons. The molecular weight excluding hydrogens is 1040 g/mol. The number of halogens is 4. The molecule has 1 aliphatic rings. The first-order valence-corrected chi connectivity index (χ1v) is 25.5. The number of aromatic nitrogens is 2. The number of fused-ring (bicyclic) bond motifs is 1. The number of benzene rings is 2. The fourth-order valence-electron chi connectivity index (χ4n) is 6.64. The number of nitrogens with zero attached hydrogens (tertiary/aromatic N) is 6. The van der Waals surface area contributed by atoms with Crippen LogP contribution >= 0.6 is 12.0 Å². The van der Waals surface area contributed by atoms with Gasteiger partial charge < -0.3 is 73.1 Å². The molecule has 27 heteroatoms. The standard InChI is InChI=1S/C50H68F4N8O14S/c1-2-7-62(50(64)38-28-37-4-3-36(39-31-58-35-59-32-39)29-41(37)60-42(55)30-38)34-40(61-56)33-57-6-9-67-11-13-69-15-17-71-19-21-73-23-25-75-27-26-74-24-22-72-20-18-70-16-14-68-12-10-66-8-5-43(63)76-48-44(51)46(53)49(77-65)47(54)45(48)52/h3-4,28-29,31-33,35,65H,2,5-27,30,34,56H2,1H3,(H2,55,60). The summed E-state index contributed by atoms with van der Waals surface area (Å²) in [6.07, 6.45) is 8.75. The molecule has 1 aromatic heterocycles. The third-order valence-electron chi connectivity index (χ3n) is 10.4. The van der Waals surface area contributed by atoms with Crippen molar-refractivity contribution in [2.75, 3.05) is 152 Å². The highest BCUT2D eigenvalue weighted by Crippen LogP contribution is 2.35. The van der Waals surface area contributed by atoms with Gasteiger partial charge in [-0.2, -0.15) is 13.9 Å². The van der Waals surface area contributed by atoms with E-state index in [1.165, 1.54) is 6.33 Å². The van der Waals surface area contributed by atoms with E-state index in [2.05, 4.69) is 29.8 Å². The average Bonchev–Trinajstić information content (AvgIpc) is 3.61. The van der Waals surface area contributed by atoms with Crippen molar-refractivity contribution in [3.63, 3.8) is 0 Å². The molecule has 0 spiro atoms. The first-order chi connectivity index (χ1) is 37.6. The zero-order valence-electron chi connectivity index (χ0n) is 43.0. The van der Waals surface area contributed by atoms with Crippen LogP contribution in [-0.4, -0.2) is 201 Å². The van der Waals surface area contributed by atoms with E-state index in [1.807, 2.05) is 31.2 Å². The Hall–Kier alpha value is -5.56. The quantitative estimate of drug-likeness (QED) is 0.00789. The number of hydrogen-bond acceptors (Lipinski definition) is 22. The second-order valence-electron chi connectivity index (χ2n) is 16.1. The molecule has 1 aliphatic heterocycles. The molecule has 0 saturated carbocycles. The molecule has 0 saturated heterocycles. The van der Waals surface area contributed by atoms with Gasteiger partial charge in [0.05, 0.1) is 163 Å². The number of rotatable bonds is 42. The lowest BCUT2D eigenvalue weighted by Crippen LogP contribution is -2.38. The zero-order chi connectivity index (χ0) is 55.3. The highest BCUT2D eigenvalue weighted by atomic mass is 32.2. The summed E-state index contributed by atoms with van der Waals surface area (Å²) in [5.74, 6) is -4.56. The largest absolute Gasteiger partial charge is 0.420 e. The summed E-state index contributed by atoms with van der Waals surface area (Å²) in [5.41, 5.74) is 10.4. The number of carbonyl (C=O) groups excluding carboxylic acids is 2. The molecule has 3 aromatic rings. The first kappa shape index (κ1) is 64.0. The number of esters is 1. The maximum absolute atomic E-state index is 13.9. The predicted molar refractivity (Wildman–Crippen MR) is 276 cm³/mol. The molecule has 0 fully saturated rings. The fraction of sp³-hybridized carbons (Fsp3) is 0.540. The number of nitrogens with two attached hydrogens (primary N) is 2. The molecule has 0 atom stereocenters. The van der Waals surface area contributed by atoms with E-state index in [1.54, 1.807) is 23.5 Å². The molecule has 4 rings (SSSR count). The van der Waals surface area contributed by atoms with Gasteiger partial charge in [-0.25, -0.2) is 23.7 Å². The van der Waals surface area contributed by atoms with Crippen LogP contribution in [0.15, 0.2) is 62.5 Å². The Morgan fingerprint density at radius 3 is 1.65 bits per heavy atom. The van der Waals surface area contributed by atoms with Gasteiger partial charge in [0, 0.05) is 60.3 Å². The van der Waals surface area contributed by atoms with Crippen LogP contribution in [0.4, 0.5) is 23.2 Å². The minimum absolute atomic E-state index is 0.0859. The van der Waals surface area contributed by atoms with Gasteiger partial charge in [-0.05, 0) is 24.1 Å². The molecule has 0 radical (unpaired) electrons. The van der Waals surface area contributed by atoms with E-state index < -0.39 is 58.3 Å². The van der Waals surface area contributed by atoms with Crippen LogP contribution in [-0.2, 0) is 57.0 Å². The Labute approximate surface area is 448 Å². The highest BCUT2D eigenvalue weighted by molar-refractivity contribution is 7.93. The van der Waals surface area contributed by atoms with Gasteiger partial charge in [0.25, 0.3) is 5.91 Å². The number of amides is 1. The van der Waals surface area contributed by atoms with Crippen LogP contribution in [0.25, 0.3) is 17.2 Å². The number of hydrazone groups is 1. The number of ether oxygens (including phenoxy) is 11. The molecule has 22 nitrogen and oxygen atoms in total. The van der Waals surface area contributed by atoms with Crippen LogP contribution in [0.2, 0.25) is 0 Å². The highest BCUT2D eigenvalue weighted by Gasteiger charge is 2.29. The predicted octanol–water partition coefficient (Wildman–Crippen LogP) is 4.83. The molecule has 2 aromatic carbocycles. The Morgan fingerprint density at radius 1 is 0.701 bits per heavy atom. The fourth-order valence-corrected chi connectivity index (χ4v) is 6.98. The van der Waals surface area contributed by atoms with Crippen molar-refractivity contribution in [1.82, 2.24) is 14.9 Å². The summed E-state index contributed by atoms with van der Waals surface area (Å²) in [6, 6.07) is 5.74. The van der Waals surface area contributed by atoms with Gasteiger partial charge in [0.15, 0.2) is 11.6 Å². The normalized spacial score (nSPS) is 12.7. The van der Waals surface area contributed by atoms with Crippen LogP contribution < -0.4 is 16.3 Å². The molecule has 0 unspecified atom stereocenters.